The standard InChI is InChI=1S/C10H18O3/c1-8(2)9(11)13-10(12)6-4-3-5-7-10/h8,12H,3-7H2,1-2H3. The van der Waals surface area contributed by atoms with Gasteiger partial charge in [0.15, 0.2) is 0 Å². The van der Waals surface area contributed by atoms with E-state index in [-0.39, 0.29) is 11.9 Å². The van der Waals surface area contributed by atoms with E-state index in [9.17, 15) is 9.90 Å². The number of ether oxygens (including phenoxy) is 1. The molecular formula is C10H18O3. The van der Waals surface area contributed by atoms with Crippen molar-refractivity contribution in [1.82, 2.24) is 0 Å². The highest BCUT2D eigenvalue weighted by Gasteiger charge is 2.33. The van der Waals surface area contributed by atoms with E-state index < -0.39 is 5.79 Å². The normalized spacial score (nSPS) is 21.5. The molecule has 13 heavy (non-hydrogen) atoms. The van der Waals surface area contributed by atoms with Crippen LogP contribution in [-0.4, -0.2) is 16.9 Å². The van der Waals surface area contributed by atoms with Gasteiger partial charge >= 0.3 is 5.97 Å². The fourth-order valence-corrected chi connectivity index (χ4v) is 1.51. The zero-order valence-corrected chi connectivity index (χ0v) is 8.38. The van der Waals surface area contributed by atoms with Gasteiger partial charge in [-0.05, 0) is 12.8 Å². The number of hydrogen-bond acceptors (Lipinski definition) is 3. The lowest BCUT2D eigenvalue weighted by Crippen LogP contribution is -2.38. The van der Waals surface area contributed by atoms with Crippen LogP contribution in [0, 0.1) is 5.92 Å². The molecule has 0 unspecified atom stereocenters. The maximum absolute atomic E-state index is 11.2. The van der Waals surface area contributed by atoms with Crippen LogP contribution in [0.2, 0.25) is 0 Å². The van der Waals surface area contributed by atoms with Gasteiger partial charge in [0.1, 0.15) is 0 Å². The van der Waals surface area contributed by atoms with Gasteiger partial charge in [-0.3, -0.25) is 4.79 Å². The minimum absolute atomic E-state index is 0.161. The smallest absolute Gasteiger partial charge is 0.310 e. The summed E-state index contributed by atoms with van der Waals surface area (Å²) in [6.07, 6.45) is 4.20. The Kier molecular flexibility index (Phi) is 3.31. The molecule has 0 aromatic carbocycles. The lowest BCUT2D eigenvalue weighted by Gasteiger charge is -2.31. The molecule has 3 nitrogen and oxygen atoms in total. The number of rotatable bonds is 2. The second-order valence-electron chi connectivity index (χ2n) is 4.08. The monoisotopic (exact) mass is 186 g/mol. The average molecular weight is 186 g/mol. The highest BCUT2D eigenvalue weighted by molar-refractivity contribution is 5.71. The van der Waals surface area contributed by atoms with Crippen LogP contribution in [0.15, 0.2) is 0 Å². The lowest BCUT2D eigenvalue weighted by molar-refractivity contribution is -0.223. The second-order valence-corrected chi connectivity index (χ2v) is 4.08. The number of carbonyl (C=O) groups excluding carboxylic acids is 1. The van der Waals surface area contributed by atoms with Crippen LogP contribution in [0.1, 0.15) is 46.0 Å². The van der Waals surface area contributed by atoms with Gasteiger partial charge in [0.05, 0.1) is 5.92 Å². The Balaban J connectivity index is 2.45. The third kappa shape index (κ3) is 2.99. The van der Waals surface area contributed by atoms with Gasteiger partial charge in [-0.15, -0.1) is 0 Å². The molecule has 0 saturated heterocycles. The SMILES string of the molecule is CC(C)C(=O)OC1(O)CCCCC1. The predicted octanol–water partition coefficient (Wildman–Crippen LogP) is 1.84. The first-order valence-electron chi connectivity index (χ1n) is 4.99. The Hall–Kier alpha value is -0.570. The van der Waals surface area contributed by atoms with Crippen LogP contribution in [0.3, 0.4) is 0 Å². The Morgan fingerprint density at radius 3 is 2.31 bits per heavy atom. The van der Waals surface area contributed by atoms with E-state index in [1.165, 1.54) is 0 Å². The highest BCUT2D eigenvalue weighted by atomic mass is 16.7. The molecule has 0 bridgehead atoms. The Bertz CT molecular complexity index is 181. The van der Waals surface area contributed by atoms with Gasteiger partial charge in [-0.1, -0.05) is 20.3 Å². The maximum atomic E-state index is 11.2. The van der Waals surface area contributed by atoms with Crippen LogP contribution in [0.5, 0.6) is 0 Å². The number of carbonyl (C=O) groups is 1. The number of esters is 1. The van der Waals surface area contributed by atoms with Crippen molar-refractivity contribution in [2.75, 3.05) is 0 Å². The summed E-state index contributed by atoms with van der Waals surface area (Å²) in [7, 11) is 0. The van der Waals surface area contributed by atoms with Gasteiger partial charge < -0.3 is 9.84 Å². The fraction of sp³-hybridized carbons (Fsp3) is 0.900. The Labute approximate surface area is 79.1 Å². The van der Waals surface area contributed by atoms with Crippen molar-refractivity contribution in [3.63, 3.8) is 0 Å². The van der Waals surface area contributed by atoms with Gasteiger partial charge in [-0.2, -0.15) is 0 Å². The summed E-state index contributed by atoms with van der Waals surface area (Å²) < 4.78 is 5.06. The molecule has 1 saturated carbocycles. The largest absolute Gasteiger partial charge is 0.433 e. The molecule has 0 aromatic heterocycles. The quantitative estimate of drug-likeness (QED) is 0.528. The first kappa shape index (κ1) is 10.5. The van der Waals surface area contributed by atoms with E-state index in [4.69, 9.17) is 4.74 Å². The third-order valence-corrected chi connectivity index (χ3v) is 2.40. The minimum Gasteiger partial charge on any atom is -0.433 e. The fourth-order valence-electron chi connectivity index (χ4n) is 1.51. The molecule has 0 heterocycles. The van der Waals surface area contributed by atoms with Crippen LogP contribution < -0.4 is 0 Å². The van der Waals surface area contributed by atoms with Gasteiger partial charge in [0, 0.05) is 12.8 Å². The molecule has 0 aromatic rings. The van der Waals surface area contributed by atoms with E-state index in [1.54, 1.807) is 13.8 Å². The summed E-state index contributed by atoms with van der Waals surface area (Å²) in [6.45, 7) is 3.54. The van der Waals surface area contributed by atoms with E-state index in [0.29, 0.717) is 12.8 Å². The van der Waals surface area contributed by atoms with Crippen molar-refractivity contribution in [3.8, 4) is 0 Å². The van der Waals surface area contributed by atoms with Crippen molar-refractivity contribution in [2.24, 2.45) is 5.92 Å². The summed E-state index contributed by atoms with van der Waals surface area (Å²) in [4.78, 5) is 11.2. The van der Waals surface area contributed by atoms with E-state index in [2.05, 4.69) is 0 Å². The molecule has 1 aliphatic rings. The minimum atomic E-state index is -1.17. The molecule has 0 atom stereocenters. The zero-order chi connectivity index (χ0) is 9.90. The maximum Gasteiger partial charge on any atom is 0.310 e. The molecule has 0 radical (unpaired) electrons. The molecule has 1 N–H and O–H groups in total. The van der Waals surface area contributed by atoms with Gasteiger partial charge in [-0.25, -0.2) is 0 Å². The van der Waals surface area contributed by atoms with Crippen molar-refractivity contribution in [3.05, 3.63) is 0 Å². The first-order valence-corrected chi connectivity index (χ1v) is 4.99. The van der Waals surface area contributed by atoms with Crippen molar-refractivity contribution in [2.45, 2.75) is 51.7 Å². The van der Waals surface area contributed by atoms with Crippen molar-refractivity contribution in [1.29, 1.82) is 0 Å². The molecule has 0 amide bonds. The second kappa shape index (κ2) is 4.09. The first-order chi connectivity index (χ1) is 6.03. The van der Waals surface area contributed by atoms with Gasteiger partial charge in [0.2, 0.25) is 5.79 Å². The van der Waals surface area contributed by atoms with Crippen molar-refractivity contribution < 1.29 is 14.6 Å². The van der Waals surface area contributed by atoms with Gasteiger partial charge in [0.25, 0.3) is 0 Å². The van der Waals surface area contributed by atoms with Crippen LogP contribution in [0.25, 0.3) is 0 Å². The molecule has 3 heteroatoms. The predicted molar refractivity (Wildman–Crippen MR) is 49.0 cm³/mol. The number of hydrogen-bond donors (Lipinski definition) is 1. The third-order valence-electron chi connectivity index (χ3n) is 2.40. The molecule has 76 valence electrons. The summed E-state index contributed by atoms with van der Waals surface area (Å²) >= 11 is 0. The summed E-state index contributed by atoms with van der Waals surface area (Å²) in [5, 5.41) is 9.85. The van der Waals surface area contributed by atoms with Crippen molar-refractivity contribution >= 4 is 5.97 Å². The van der Waals surface area contributed by atoms with E-state index >= 15 is 0 Å². The summed E-state index contributed by atoms with van der Waals surface area (Å²) in [5.41, 5.74) is 0. The summed E-state index contributed by atoms with van der Waals surface area (Å²) in [6, 6.07) is 0. The molecular weight excluding hydrogens is 168 g/mol. The average Bonchev–Trinajstić information content (AvgIpc) is 2.04. The highest BCUT2D eigenvalue weighted by Crippen LogP contribution is 2.29. The lowest BCUT2D eigenvalue weighted by atomic mass is 9.94. The molecule has 1 aliphatic carbocycles. The van der Waals surface area contributed by atoms with E-state index in [1.807, 2.05) is 0 Å². The molecule has 0 spiro atoms. The molecule has 1 fully saturated rings. The summed E-state index contributed by atoms with van der Waals surface area (Å²) in [5.74, 6) is -1.63. The van der Waals surface area contributed by atoms with Crippen LogP contribution >= 0.6 is 0 Å². The Morgan fingerprint density at radius 1 is 1.31 bits per heavy atom. The van der Waals surface area contributed by atoms with Crippen LogP contribution in [0.4, 0.5) is 0 Å². The molecule has 0 aliphatic heterocycles. The zero-order valence-electron chi connectivity index (χ0n) is 8.38. The van der Waals surface area contributed by atoms with E-state index in [0.717, 1.165) is 19.3 Å². The topological polar surface area (TPSA) is 46.5 Å². The molecule has 1 rings (SSSR count). The Morgan fingerprint density at radius 2 is 1.85 bits per heavy atom. The number of aliphatic hydroxyl groups is 1. The van der Waals surface area contributed by atoms with Crippen LogP contribution in [-0.2, 0) is 9.53 Å².